The fourth-order valence-electron chi connectivity index (χ4n) is 1.26. The zero-order chi connectivity index (χ0) is 10.8. The molecule has 0 amide bonds. The van der Waals surface area contributed by atoms with Gasteiger partial charge in [-0.3, -0.25) is 4.68 Å². The highest BCUT2D eigenvalue weighted by Gasteiger charge is 2.04. The lowest BCUT2D eigenvalue weighted by atomic mass is 10.4. The summed E-state index contributed by atoms with van der Waals surface area (Å²) < 4.78 is 1.74. The second-order valence-corrected chi connectivity index (χ2v) is 3.54. The number of aryl methyl sites for hydroxylation is 2. The average molecular weight is 224 g/mol. The smallest absolute Gasteiger partial charge is 0.135 e. The number of halogens is 1. The van der Waals surface area contributed by atoms with Gasteiger partial charge in [-0.15, -0.1) is 0 Å². The Bertz CT molecular complexity index is 479. The minimum Gasteiger partial charge on any atom is -0.337 e. The molecule has 2 heterocycles. The summed E-state index contributed by atoms with van der Waals surface area (Å²) in [7, 11) is 1.87. The molecule has 2 aromatic heterocycles. The molecule has 0 radical (unpaired) electrons. The SMILES string of the molecule is Cc1nn(C)cc1Nc1cc(Cl)ncn1. The van der Waals surface area contributed by atoms with Gasteiger partial charge in [-0.05, 0) is 6.92 Å². The van der Waals surface area contributed by atoms with Crippen LogP contribution in [0.1, 0.15) is 5.69 Å². The van der Waals surface area contributed by atoms with E-state index < -0.39 is 0 Å². The van der Waals surface area contributed by atoms with Crippen molar-refractivity contribution in [2.24, 2.45) is 7.05 Å². The third-order valence-corrected chi connectivity index (χ3v) is 2.12. The molecule has 0 spiro atoms. The van der Waals surface area contributed by atoms with E-state index in [0.29, 0.717) is 11.0 Å². The third-order valence-electron chi connectivity index (χ3n) is 1.91. The summed E-state index contributed by atoms with van der Waals surface area (Å²) in [6, 6.07) is 1.66. The predicted octanol–water partition coefficient (Wildman–Crippen LogP) is 1.92. The molecule has 0 fully saturated rings. The van der Waals surface area contributed by atoms with E-state index in [1.807, 2.05) is 20.2 Å². The minimum absolute atomic E-state index is 0.411. The van der Waals surface area contributed by atoms with Crippen molar-refractivity contribution in [3.8, 4) is 0 Å². The summed E-state index contributed by atoms with van der Waals surface area (Å²) in [5.41, 5.74) is 1.82. The van der Waals surface area contributed by atoms with Crippen LogP contribution in [-0.4, -0.2) is 19.7 Å². The van der Waals surface area contributed by atoms with E-state index in [9.17, 15) is 0 Å². The Labute approximate surface area is 92.1 Å². The van der Waals surface area contributed by atoms with E-state index in [-0.39, 0.29) is 0 Å². The first kappa shape index (κ1) is 9.92. The van der Waals surface area contributed by atoms with Crippen LogP contribution in [0.15, 0.2) is 18.6 Å². The second kappa shape index (κ2) is 3.86. The molecule has 0 aliphatic rings. The normalized spacial score (nSPS) is 10.3. The summed E-state index contributed by atoms with van der Waals surface area (Å²) >= 11 is 5.74. The molecule has 0 unspecified atom stereocenters. The third kappa shape index (κ3) is 2.24. The number of rotatable bonds is 2. The molecule has 0 saturated carbocycles. The Morgan fingerprint density at radius 3 is 2.80 bits per heavy atom. The number of hydrogen-bond acceptors (Lipinski definition) is 4. The average Bonchev–Trinajstić information content (AvgIpc) is 2.45. The quantitative estimate of drug-likeness (QED) is 0.791. The first-order valence-electron chi connectivity index (χ1n) is 4.40. The van der Waals surface area contributed by atoms with Gasteiger partial charge in [-0.1, -0.05) is 11.6 Å². The van der Waals surface area contributed by atoms with Crippen molar-refractivity contribution in [3.05, 3.63) is 29.4 Å². The number of nitrogens with zero attached hydrogens (tertiary/aromatic N) is 4. The van der Waals surface area contributed by atoms with E-state index >= 15 is 0 Å². The molecular weight excluding hydrogens is 214 g/mol. The maximum Gasteiger partial charge on any atom is 0.135 e. The van der Waals surface area contributed by atoms with Gasteiger partial charge in [0.2, 0.25) is 0 Å². The number of aromatic nitrogens is 4. The van der Waals surface area contributed by atoms with Gasteiger partial charge < -0.3 is 5.32 Å². The Morgan fingerprint density at radius 1 is 1.40 bits per heavy atom. The van der Waals surface area contributed by atoms with Crippen LogP contribution in [0.5, 0.6) is 0 Å². The molecule has 0 bridgehead atoms. The van der Waals surface area contributed by atoms with Crippen molar-refractivity contribution in [3.63, 3.8) is 0 Å². The standard InChI is InChI=1S/C9H10ClN5/c1-6-7(4-15(2)14-6)13-9-3-8(10)11-5-12-9/h3-5H,1-2H3,(H,11,12,13). The Balaban J connectivity index is 2.25. The number of hydrogen-bond donors (Lipinski definition) is 1. The van der Waals surface area contributed by atoms with E-state index in [1.165, 1.54) is 6.33 Å². The zero-order valence-electron chi connectivity index (χ0n) is 8.40. The van der Waals surface area contributed by atoms with Crippen LogP contribution in [0.25, 0.3) is 0 Å². The lowest BCUT2D eigenvalue weighted by molar-refractivity contribution is 0.756. The number of nitrogens with one attached hydrogen (secondary N) is 1. The number of anilines is 2. The highest BCUT2D eigenvalue weighted by Crippen LogP contribution is 2.18. The molecule has 0 aliphatic heterocycles. The summed E-state index contributed by atoms with van der Waals surface area (Å²) in [5, 5.41) is 7.73. The van der Waals surface area contributed by atoms with Crippen molar-refractivity contribution in [1.82, 2.24) is 19.7 Å². The Hall–Kier alpha value is -1.62. The van der Waals surface area contributed by atoms with Crippen LogP contribution >= 0.6 is 11.6 Å². The molecule has 0 aliphatic carbocycles. The fraction of sp³-hybridized carbons (Fsp3) is 0.222. The first-order valence-corrected chi connectivity index (χ1v) is 4.78. The van der Waals surface area contributed by atoms with Crippen LogP contribution in [-0.2, 0) is 7.05 Å². The topological polar surface area (TPSA) is 55.6 Å². The van der Waals surface area contributed by atoms with Crippen LogP contribution in [0.3, 0.4) is 0 Å². The van der Waals surface area contributed by atoms with Crippen LogP contribution in [0.2, 0.25) is 5.15 Å². The van der Waals surface area contributed by atoms with Crippen LogP contribution in [0.4, 0.5) is 11.5 Å². The van der Waals surface area contributed by atoms with Crippen molar-refractivity contribution in [1.29, 1.82) is 0 Å². The van der Waals surface area contributed by atoms with E-state index in [0.717, 1.165) is 11.4 Å². The second-order valence-electron chi connectivity index (χ2n) is 3.15. The fourth-order valence-corrected chi connectivity index (χ4v) is 1.41. The van der Waals surface area contributed by atoms with Crippen molar-refractivity contribution in [2.75, 3.05) is 5.32 Å². The van der Waals surface area contributed by atoms with Gasteiger partial charge in [0.15, 0.2) is 0 Å². The molecule has 0 atom stereocenters. The summed E-state index contributed by atoms with van der Waals surface area (Å²) in [6.07, 6.45) is 3.29. The van der Waals surface area contributed by atoms with E-state index in [2.05, 4.69) is 20.4 Å². The lowest BCUT2D eigenvalue weighted by Gasteiger charge is -2.02. The molecular formula is C9H10ClN5. The van der Waals surface area contributed by atoms with Gasteiger partial charge >= 0.3 is 0 Å². The summed E-state index contributed by atoms with van der Waals surface area (Å²) in [6.45, 7) is 1.92. The molecule has 1 N–H and O–H groups in total. The van der Waals surface area contributed by atoms with Gasteiger partial charge in [0.1, 0.15) is 17.3 Å². The molecule has 78 valence electrons. The molecule has 0 aromatic carbocycles. The molecule has 0 saturated heterocycles. The maximum atomic E-state index is 5.74. The van der Waals surface area contributed by atoms with Gasteiger partial charge in [-0.2, -0.15) is 5.10 Å². The monoisotopic (exact) mass is 223 g/mol. The molecule has 5 nitrogen and oxygen atoms in total. The molecule has 2 rings (SSSR count). The van der Waals surface area contributed by atoms with Gasteiger partial charge in [-0.25, -0.2) is 9.97 Å². The highest BCUT2D eigenvalue weighted by molar-refractivity contribution is 6.29. The van der Waals surface area contributed by atoms with Crippen molar-refractivity contribution in [2.45, 2.75) is 6.92 Å². The Kier molecular flexibility index (Phi) is 2.55. The van der Waals surface area contributed by atoms with Gasteiger partial charge in [0.05, 0.1) is 11.4 Å². The molecule has 6 heteroatoms. The maximum absolute atomic E-state index is 5.74. The highest BCUT2D eigenvalue weighted by atomic mass is 35.5. The Morgan fingerprint density at radius 2 is 2.20 bits per heavy atom. The minimum atomic E-state index is 0.411. The van der Waals surface area contributed by atoms with Crippen LogP contribution < -0.4 is 5.32 Å². The van der Waals surface area contributed by atoms with E-state index in [1.54, 1.807) is 10.7 Å². The van der Waals surface area contributed by atoms with Gasteiger partial charge in [0, 0.05) is 19.3 Å². The predicted molar refractivity (Wildman–Crippen MR) is 58.3 cm³/mol. The zero-order valence-corrected chi connectivity index (χ0v) is 9.15. The summed E-state index contributed by atoms with van der Waals surface area (Å²) in [5.74, 6) is 0.658. The van der Waals surface area contributed by atoms with Gasteiger partial charge in [0.25, 0.3) is 0 Å². The first-order chi connectivity index (χ1) is 7.15. The van der Waals surface area contributed by atoms with Crippen molar-refractivity contribution < 1.29 is 0 Å². The lowest BCUT2D eigenvalue weighted by Crippen LogP contribution is -1.94. The van der Waals surface area contributed by atoms with Crippen molar-refractivity contribution >= 4 is 23.1 Å². The van der Waals surface area contributed by atoms with Crippen LogP contribution in [0, 0.1) is 6.92 Å². The largest absolute Gasteiger partial charge is 0.337 e. The summed E-state index contributed by atoms with van der Waals surface area (Å²) in [4.78, 5) is 7.84. The molecule has 15 heavy (non-hydrogen) atoms. The molecule has 2 aromatic rings. The van der Waals surface area contributed by atoms with E-state index in [4.69, 9.17) is 11.6 Å².